The van der Waals surface area contributed by atoms with Crippen molar-refractivity contribution >= 4 is 5.78 Å². The van der Waals surface area contributed by atoms with E-state index in [1.54, 1.807) is 0 Å². The molecule has 0 aromatic heterocycles. The van der Waals surface area contributed by atoms with E-state index < -0.39 is 23.3 Å². The average Bonchev–Trinajstić information content (AvgIpc) is 2.78. The lowest BCUT2D eigenvalue weighted by Gasteiger charge is -2.20. The van der Waals surface area contributed by atoms with Crippen LogP contribution in [0.25, 0.3) is 0 Å². The van der Waals surface area contributed by atoms with Crippen LogP contribution in [0.5, 0.6) is 0 Å². The largest absolute Gasteiger partial charge is 0.332 e. The van der Waals surface area contributed by atoms with Gasteiger partial charge in [0.25, 0.3) is 7.11 Å². The Morgan fingerprint density at radius 1 is 0.889 bits per heavy atom. The smallest absolute Gasteiger partial charge is 0.261 e. The van der Waals surface area contributed by atoms with Gasteiger partial charge in [0.2, 0.25) is 0 Å². The van der Waals surface area contributed by atoms with Gasteiger partial charge >= 0.3 is 5.78 Å². The molecule has 18 heavy (non-hydrogen) atoms. The fourth-order valence-corrected chi connectivity index (χ4v) is 3.23. The third kappa shape index (κ3) is 1.30. The second kappa shape index (κ2) is 3.80. The molecule has 1 saturated carbocycles. The lowest BCUT2D eigenvalue weighted by atomic mass is 9.81. The maximum absolute atomic E-state index is 13.9. The molecule has 0 radical (unpaired) electrons. The molecule has 1 fully saturated rings. The number of halogens is 4. The van der Waals surface area contributed by atoms with Gasteiger partial charge in [-0.1, -0.05) is 0 Å². The molecule has 2 atom stereocenters. The fraction of sp³-hybridized carbons (Fsp3) is 0.462. The number of rotatable bonds is 0. The van der Waals surface area contributed by atoms with E-state index in [9.17, 15) is 17.6 Å². The van der Waals surface area contributed by atoms with Gasteiger partial charge in [-0.15, -0.1) is 0 Å². The number of benzene rings is 1. The number of ketones is 1. The van der Waals surface area contributed by atoms with Crippen LogP contribution in [-0.4, -0.2) is 12.9 Å². The Balaban J connectivity index is 2.39. The van der Waals surface area contributed by atoms with E-state index in [-0.39, 0.29) is 28.7 Å². The highest BCUT2D eigenvalue weighted by Gasteiger charge is 2.48. The summed E-state index contributed by atoms with van der Waals surface area (Å²) in [6.45, 7) is 0. The van der Waals surface area contributed by atoms with Crippen molar-refractivity contribution in [1.82, 2.24) is 0 Å². The van der Waals surface area contributed by atoms with Crippen LogP contribution in [0, 0.1) is 29.2 Å². The van der Waals surface area contributed by atoms with Gasteiger partial charge in [-0.25, -0.2) is 17.6 Å². The van der Waals surface area contributed by atoms with E-state index >= 15 is 0 Å². The van der Waals surface area contributed by atoms with Crippen LogP contribution >= 0.6 is 0 Å². The van der Waals surface area contributed by atoms with Gasteiger partial charge in [0.15, 0.2) is 23.3 Å². The summed E-state index contributed by atoms with van der Waals surface area (Å²) in [7, 11) is 1.34. The van der Waals surface area contributed by atoms with E-state index in [1.807, 2.05) is 0 Å². The van der Waals surface area contributed by atoms with E-state index in [4.69, 9.17) is 4.42 Å². The Labute approximate surface area is 101 Å². The molecule has 3 rings (SSSR count). The van der Waals surface area contributed by atoms with Crippen LogP contribution in [0.4, 0.5) is 17.6 Å². The van der Waals surface area contributed by atoms with E-state index in [0.29, 0.717) is 12.8 Å². The van der Waals surface area contributed by atoms with Crippen molar-refractivity contribution in [2.24, 2.45) is 5.92 Å². The van der Waals surface area contributed by atoms with Crippen molar-refractivity contribution in [3.8, 4) is 0 Å². The van der Waals surface area contributed by atoms with Crippen molar-refractivity contribution < 1.29 is 22.0 Å². The first-order chi connectivity index (χ1) is 8.56. The summed E-state index contributed by atoms with van der Waals surface area (Å²) in [5.74, 6) is -6.12. The Morgan fingerprint density at radius 2 is 1.50 bits per heavy atom. The zero-order valence-corrected chi connectivity index (χ0v) is 9.70. The summed E-state index contributed by atoms with van der Waals surface area (Å²) in [5.41, 5.74) is -0.260. The van der Waals surface area contributed by atoms with E-state index in [0.717, 1.165) is 6.42 Å². The molecule has 1 aromatic carbocycles. The highest BCUT2D eigenvalue weighted by molar-refractivity contribution is 6.01. The summed E-state index contributed by atoms with van der Waals surface area (Å²) < 4.78 is 59.4. The molecule has 1 aromatic rings. The van der Waals surface area contributed by atoms with E-state index in [2.05, 4.69) is 0 Å². The third-order valence-corrected chi connectivity index (χ3v) is 3.98. The van der Waals surface area contributed by atoms with Gasteiger partial charge in [-0.05, 0) is 25.2 Å². The Kier molecular flexibility index (Phi) is 2.47. The maximum atomic E-state index is 13.9. The van der Waals surface area contributed by atoms with Crippen molar-refractivity contribution in [2.45, 2.75) is 25.2 Å². The molecule has 5 heteroatoms. The molecule has 1 nitrogen and oxygen atoms in total. The quantitative estimate of drug-likeness (QED) is 0.292. The molecule has 0 spiro atoms. The summed E-state index contributed by atoms with van der Waals surface area (Å²) in [4.78, 5) is 0. The van der Waals surface area contributed by atoms with Gasteiger partial charge in [-0.3, -0.25) is 4.42 Å². The minimum absolute atomic E-state index is 0.0220. The molecule has 2 bridgehead atoms. The second-order valence-electron chi connectivity index (χ2n) is 4.82. The topological polar surface area (TPSA) is 11.3 Å². The highest BCUT2D eigenvalue weighted by Crippen LogP contribution is 2.48. The SMILES string of the molecule is C[O+]=C1c2c(F)c(F)c(F)c(F)c2C2CCC1C2. The summed E-state index contributed by atoms with van der Waals surface area (Å²) in [6, 6.07) is 0. The molecule has 96 valence electrons. The first-order valence-corrected chi connectivity index (χ1v) is 5.83. The minimum atomic E-state index is -1.76. The number of carbonyl (C=O) groups excluding carboxylic acids is 1. The maximum Gasteiger partial charge on any atom is 0.332 e. The van der Waals surface area contributed by atoms with Crippen LogP contribution in [-0.2, 0) is 0 Å². The van der Waals surface area contributed by atoms with Crippen LogP contribution in [0.2, 0.25) is 0 Å². The molecule has 0 saturated heterocycles. The van der Waals surface area contributed by atoms with Crippen molar-refractivity contribution in [3.63, 3.8) is 0 Å². The third-order valence-electron chi connectivity index (χ3n) is 3.98. The molecule has 0 heterocycles. The summed E-state index contributed by atoms with van der Waals surface area (Å²) in [6.07, 6.45) is 1.98. The lowest BCUT2D eigenvalue weighted by molar-refractivity contribution is -0.228. The first-order valence-electron chi connectivity index (χ1n) is 5.83. The molecule has 2 aliphatic carbocycles. The normalized spacial score (nSPS) is 27.7. The molecule has 0 amide bonds. The van der Waals surface area contributed by atoms with Gasteiger partial charge in [0, 0.05) is 5.56 Å². The molecule has 2 aliphatic rings. The van der Waals surface area contributed by atoms with Crippen molar-refractivity contribution in [1.29, 1.82) is 0 Å². The molecule has 2 unspecified atom stereocenters. The van der Waals surface area contributed by atoms with Gasteiger partial charge in [-0.2, -0.15) is 0 Å². The fourth-order valence-electron chi connectivity index (χ4n) is 3.23. The molecular formula is C13H11F4O+. The van der Waals surface area contributed by atoms with Crippen molar-refractivity contribution in [3.05, 3.63) is 34.4 Å². The standard InChI is InChI=1S/C13H11F4O/c1-18-13-6-3-2-5(4-6)7-8(13)10(15)12(17)11(16)9(7)14/h5-6H,2-4H2,1H3/q+1. The molecular weight excluding hydrogens is 248 g/mol. The minimum Gasteiger partial charge on any atom is -0.261 e. The van der Waals surface area contributed by atoms with Crippen LogP contribution in [0.3, 0.4) is 0 Å². The Bertz CT molecular complexity index is 565. The van der Waals surface area contributed by atoms with Crippen LogP contribution in [0.1, 0.15) is 40.7 Å². The predicted molar refractivity (Wildman–Crippen MR) is 56.6 cm³/mol. The van der Waals surface area contributed by atoms with Gasteiger partial charge < -0.3 is 0 Å². The molecule has 0 aliphatic heterocycles. The van der Waals surface area contributed by atoms with Gasteiger partial charge in [0.05, 0.1) is 5.92 Å². The lowest BCUT2D eigenvalue weighted by Crippen LogP contribution is -2.25. The second-order valence-corrected chi connectivity index (χ2v) is 4.82. The Morgan fingerprint density at radius 3 is 2.17 bits per heavy atom. The Hall–Kier alpha value is -1.39. The summed E-state index contributed by atoms with van der Waals surface area (Å²) in [5, 5.41) is 0. The number of hydrogen-bond acceptors (Lipinski definition) is 0. The van der Waals surface area contributed by atoms with Crippen molar-refractivity contribution in [2.75, 3.05) is 7.11 Å². The first kappa shape index (κ1) is 11.7. The van der Waals surface area contributed by atoms with Crippen LogP contribution < -0.4 is 0 Å². The number of hydrogen-bond donors (Lipinski definition) is 0. The van der Waals surface area contributed by atoms with Crippen LogP contribution in [0.15, 0.2) is 0 Å². The highest BCUT2D eigenvalue weighted by atomic mass is 19.2. The number of fused-ring (bicyclic) bond motifs is 4. The predicted octanol–water partition coefficient (Wildman–Crippen LogP) is 3.49. The molecule has 0 N–H and O–H groups in total. The average molecular weight is 259 g/mol. The van der Waals surface area contributed by atoms with E-state index in [1.165, 1.54) is 7.11 Å². The van der Waals surface area contributed by atoms with Gasteiger partial charge in [0.1, 0.15) is 5.56 Å². The monoisotopic (exact) mass is 259 g/mol. The zero-order chi connectivity index (χ0) is 13.0. The zero-order valence-electron chi connectivity index (χ0n) is 9.70. The summed E-state index contributed by atoms with van der Waals surface area (Å²) >= 11 is 0.